The number of hydrogen-bond acceptors (Lipinski definition) is 7. The molecule has 1 aliphatic heterocycles. The lowest BCUT2D eigenvalue weighted by molar-refractivity contribution is -0.125. The van der Waals surface area contributed by atoms with Crippen molar-refractivity contribution >= 4 is 17.9 Å². The van der Waals surface area contributed by atoms with Crippen molar-refractivity contribution in [2.45, 2.75) is 44.5 Å². The smallest absolute Gasteiger partial charge is 0.242 e. The molecule has 9 heteroatoms. The quantitative estimate of drug-likeness (QED) is 0.376. The van der Waals surface area contributed by atoms with Crippen LogP contribution >= 0.6 is 0 Å². The minimum Gasteiger partial charge on any atom is -0.487 e. The molecule has 1 aliphatic rings. The first-order valence-corrected chi connectivity index (χ1v) is 12.0. The lowest BCUT2D eigenvalue weighted by Gasteiger charge is -2.28. The number of fused-ring (bicyclic) bond motifs is 1. The molecule has 1 aromatic heterocycles. The number of carbonyl (C=O) groups is 2. The molecule has 3 aromatic rings. The van der Waals surface area contributed by atoms with Crippen LogP contribution in [-0.4, -0.2) is 56.9 Å². The van der Waals surface area contributed by atoms with Crippen molar-refractivity contribution < 1.29 is 19.4 Å². The number of carbonyl (C=O) groups excluding carboxylic acids is 2. The van der Waals surface area contributed by atoms with E-state index in [1.807, 2.05) is 53.4 Å². The van der Waals surface area contributed by atoms with Crippen LogP contribution in [0.2, 0.25) is 0 Å². The highest BCUT2D eigenvalue weighted by atomic mass is 16.5. The van der Waals surface area contributed by atoms with Gasteiger partial charge in [0, 0.05) is 36.8 Å². The van der Waals surface area contributed by atoms with Gasteiger partial charge in [-0.3, -0.25) is 4.79 Å². The van der Waals surface area contributed by atoms with Gasteiger partial charge < -0.3 is 24.9 Å². The van der Waals surface area contributed by atoms with Gasteiger partial charge in [-0.25, -0.2) is 4.68 Å². The number of hydrogen-bond donors (Lipinski definition) is 2. The first-order valence-electron chi connectivity index (χ1n) is 12.0. The van der Waals surface area contributed by atoms with Crippen LogP contribution in [0, 0.1) is 0 Å². The van der Waals surface area contributed by atoms with E-state index < -0.39 is 6.04 Å². The fraction of sp³-hybridized carbons (Fsp3) is 0.333. The second-order valence-corrected chi connectivity index (χ2v) is 8.74. The third-order valence-corrected chi connectivity index (χ3v) is 6.43. The Labute approximate surface area is 210 Å². The lowest BCUT2D eigenvalue weighted by Crippen LogP contribution is -2.43. The predicted octanol–water partition coefficient (Wildman–Crippen LogP) is 2.51. The number of aliphatic hydroxyl groups excluding tert-OH is 1. The van der Waals surface area contributed by atoms with Gasteiger partial charge in [-0.2, -0.15) is 0 Å². The lowest BCUT2D eigenvalue weighted by atomic mass is 10.1. The largest absolute Gasteiger partial charge is 0.487 e. The molecule has 0 fully saturated rings. The van der Waals surface area contributed by atoms with Gasteiger partial charge in [0.15, 0.2) is 0 Å². The van der Waals surface area contributed by atoms with E-state index in [4.69, 9.17) is 4.74 Å². The molecule has 0 spiro atoms. The van der Waals surface area contributed by atoms with Gasteiger partial charge in [-0.15, -0.1) is 5.10 Å². The summed E-state index contributed by atoms with van der Waals surface area (Å²) in [5.74, 6) is 0.526. The number of aromatic nitrogens is 3. The average Bonchev–Trinajstić information content (AvgIpc) is 3.52. The highest BCUT2D eigenvalue weighted by Gasteiger charge is 2.33. The molecule has 36 heavy (non-hydrogen) atoms. The maximum atomic E-state index is 12.5. The number of rotatable bonds is 12. The van der Waals surface area contributed by atoms with Crippen LogP contribution < -0.4 is 10.1 Å². The van der Waals surface area contributed by atoms with Crippen molar-refractivity contribution in [2.24, 2.45) is 0 Å². The Morgan fingerprint density at radius 2 is 2.06 bits per heavy atom. The van der Waals surface area contributed by atoms with Gasteiger partial charge in [0.25, 0.3) is 0 Å². The van der Waals surface area contributed by atoms with E-state index >= 15 is 0 Å². The molecule has 9 nitrogen and oxygen atoms in total. The molecule has 0 radical (unpaired) electrons. The van der Waals surface area contributed by atoms with Crippen molar-refractivity contribution in [2.75, 3.05) is 13.7 Å². The molecular formula is C27H31N5O4. The van der Waals surface area contributed by atoms with E-state index in [0.29, 0.717) is 30.8 Å². The molecule has 2 atom stereocenters. The second-order valence-electron chi connectivity index (χ2n) is 8.74. The molecule has 0 saturated carbocycles. The number of aldehydes is 1. The number of likely N-dealkylation sites (N-methyl/N-ethyl adjacent to an activating group) is 1. The van der Waals surface area contributed by atoms with E-state index in [2.05, 4.69) is 22.2 Å². The standard InChI is InChI=1S/C27H31N5O4/c1-19-23-10-6-12-26(24(23)16-31(19)25(11-7-13-33)27(35)28-2)36-18-21-15-32(30-29-21)22(17-34)14-20-8-4-3-5-9-20/h3-6,8-10,12-13,15,22,25,34H,1,7,11,14,16-18H2,2H3,(H,28,35)/t22-,25?/m1/s1. The molecule has 2 heterocycles. The van der Waals surface area contributed by atoms with Crippen LogP contribution in [0.1, 0.15) is 41.3 Å². The molecule has 0 saturated heterocycles. The first kappa shape index (κ1) is 25.1. The molecule has 0 bridgehead atoms. The Balaban J connectivity index is 1.45. The van der Waals surface area contributed by atoms with Gasteiger partial charge in [0.05, 0.1) is 18.8 Å². The summed E-state index contributed by atoms with van der Waals surface area (Å²) in [6.45, 7) is 4.81. The number of benzene rings is 2. The maximum Gasteiger partial charge on any atom is 0.242 e. The number of nitrogens with zero attached hydrogens (tertiary/aromatic N) is 4. The van der Waals surface area contributed by atoms with Crippen LogP contribution in [0.25, 0.3) is 5.70 Å². The molecule has 1 amide bonds. The fourth-order valence-corrected chi connectivity index (χ4v) is 4.51. The number of nitrogens with one attached hydrogen (secondary N) is 1. The summed E-state index contributed by atoms with van der Waals surface area (Å²) in [4.78, 5) is 25.4. The molecule has 0 aliphatic carbocycles. The van der Waals surface area contributed by atoms with E-state index in [-0.39, 0.29) is 31.6 Å². The first-order chi connectivity index (χ1) is 17.5. The predicted molar refractivity (Wildman–Crippen MR) is 135 cm³/mol. The van der Waals surface area contributed by atoms with Crippen LogP contribution in [0.15, 0.2) is 61.3 Å². The summed E-state index contributed by atoms with van der Waals surface area (Å²) in [6, 6.07) is 14.9. The summed E-state index contributed by atoms with van der Waals surface area (Å²) in [6.07, 6.45) is 3.95. The monoisotopic (exact) mass is 489 g/mol. The average molecular weight is 490 g/mol. The number of amides is 1. The van der Waals surface area contributed by atoms with Gasteiger partial charge in [0.1, 0.15) is 30.4 Å². The zero-order valence-electron chi connectivity index (χ0n) is 20.3. The molecule has 188 valence electrons. The second kappa shape index (κ2) is 11.6. The van der Waals surface area contributed by atoms with Gasteiger partial charge in [0.2, 0.25) is 5.91 Å². The summed E-state index contributed by atoms with van der Waals surface area (Å²) in [5, 5.41) is 21.0. The highest BCUT2D eigenvalue weighted by molar-refractivity contribution is 5.85. The van der Waals surface area contributed by atoms with Crippen molar-refractivity contribution in [1.82, 2.24) is 25.2 Å². The maximum absolute atomic E-state index is 12.5. The molecule has 2 N–H and O–H groups in total. The molecular weight excluding hydrogens is 458 g/mol. The van der Waals surface area contributed by atoms with E-state index in [1.165, 1.54) is 0 Å². The molecule has 4 rings (SSSR count). The summed E-state index contributed by atoms with van der Waals surface area (Å²) >= 11 is 0. The minimum absolute atomic E-state index is 0.0563. The van der Waals surface area contributed by atoms with Crippen molar-refractivity contribution in [3.05, 3.63) is 83.7 Å². The van der Waals surface area contributed by atoms with Crippen LogP contribution in [0.5, 0.6) is 5.75 Å². The zero-order chi connectivity index (χ0) is 25.5. The van der Waals surface area contributed by atoms with Crippen LogP contribution in [0.3, 0.4) is 0 Å². The van der Waals surface area contributed by atoms with Crippen molar-refractivity contribution in [1.29, 1.82) is 0 Å². The minimum atomic E-state index is -0.493. The van der Waals surface area contributed by atoms with Crippen LogP contribution in [0.4, 0.5) is 0 Å². The normalized spacial score (nSPS) is 14.3. The Hall–Kier alpha value is -3.98. The summed E-state index contributed by atoms with van der Waals surface area (Å²) in [5.41, 5.74) is 4.33. The fourth-order valence-electron chi connectivity index (χ4n) is 4.51. The summed E-state index contributed by atoms with van der Waals surface area (Å²) < 4.78 is 7.79. The van der Waals surface area contributed by atoms with Gasteiger partial charge >= 0.3 is 0 Å². The van der Waals surface area contributed by atoms with Gasteiger partial charge in [-0.05, 0) is 24.5 Å². The Bertz CT molecular complexity index is 1210. The third-order valence-electron chi connectivity index (χ3n) is 6.43. The van der Waals surface area contributed by atoms with Gasteiger partial charge in [-0.1, -0.05) is 54.3 Å². The zero-order valence-corrected chi connectivity index (χ0v) is 20.3. The SMILES string of the molecule is C=C1c2cccc(OCc3cn([C@@H](CO)Cc4ccccc4)nn3)c2CN1C(CCC=O)C(=O)NC. The van der Waals surface area contributed by atoms with E-state index in [9.17, 15) is 14.7 Å². The van der Waals surface area contributed by atoms with Crippen molar-refractivity contribution in [3.63, 3.8) is 0 Å². The number of ether oxygens (including phenoxy) is 1. The summed E-state index contributed by atoms with van der Waals surface area (Å²) in [7, 11) is 1.59. The Morgan fingerprint density at radius 3 is 2.78 bits per heavy atom. The van der Waals surface area contributed by atoms with Crippen molar-refractivity contribution in [3.8, 4) is 5.75 Å². The topological polar surface area (TPSA) is 110 Å². The molecule has 2 aromatic carbocycles. The third kappa shape index (κ3) is 5.46. The van der Waals surface area contributed by atoms with E-state index in [1.54, 1.807) is 17.9 Å². The van der Waals surface area contributed by atoms with Crippen LogP contribution in [-0.2, 0) is 29.2 Å². The van der Waals surface area contributed by atoms with E-state index in [0.717, 1.165) is 28.7 Å². The highest BCUT2D eigenvalue weighted by Crippen LogP contribution is 2.39. The Kier molecular flexibility index (Phi) is 8.12. The Morgan fingerprint density at radius 1 is 1.25 bits per heavy atom. The molecule has 1 unspecified atom stereocenters. The number of aliphatic hydroxyl groups is 1.